The Morgan fingerprint density at radius 1 is 0.857 bits per heavy atom. The van der Waals surface area contributed by atoms with Gasteiger partial charge in [-0.25, -0.2) is 0 Å². The zero-order valence-corrected chi connectivity index (χ0v) is 12.4. The Balaban J connectivity index is 2.07. The molecule has 21 heavy (non-hydrogen) atoms. The maximum Gasteiger partial charge on any atom is 0.118 e. The summed E-state index contributed by atoms with van der Waals surface area (Å²) < 4.78 is 5.27. The molecule has 2 aromatic rings. The average molecular weight is 279 g/mol. The van der Waals surface area contributed by atoms with Gasteiger partial charge in [-0.2, -0.15) is 0 Å². The largest absolute Gasteiger partial charge is 0.497 e. The maximum absolute atomic E-state index is 5.27. The summed E-state index contributed by atoms with van der Waals surface area (Å²) in [6.45, 7) is 2.14. The van der Waals surface area contributed by atoms with E-state index >= 15 is 0 Å². The summed E-state index contributed by atoms with van der Waals surface area (Å²) in [4.78, 5) is 0. The highest BCUT2D eigenvalue weighted by Crippen LogP contribution is 2.31. The summed E-state index contributed by atoms with van der Waals surface area (Å²) in [5, 5.41) is 3.44. The number of hydrogen-bond acceptors (Lipinski definition) is 2. The smallest absolute Gasteiger partial charge is 0.118 e. The van der Waals surface area contributed by atoms with Crippen molar-refractivity contribution in [3.63, 3.8) is 0 Å². The molecule has 0 bridgehead atoms. The third-order valence-corrected chi connectivity index (χ3v) is 4.00. The molecule has 1 aliphatic rings. The van der Waals surface area contributed by atoms with Crippen LogP contribution in [0.2, 0.25) is 0 Å². The van der Waals surface area contributed by atoms with Crippen LogP contribution in [0.1, 0.15) is 24.0 Å². The van der Waals surface area contributed by atoms with E-state index in [0.29, 0.717) is 0 Å². The second-order valence-corrected chi connectivity index (χ2v) is 5.32. The lowest BCUT2D eigenvalue weighted by Gasteiger charge is -2.21. The van der Waals surface area contributed by atoms with Gasteiger partial charge in [0, 0.05) is 0 Å². The molecule has 1 N–H and O–H groups in total. The Morgan fingerprint density at radius 3 is 2.10 bits per heavy atom. The zero-order chi connectivity index (χ0) is 14.5. The predicted octanol–water partition coefficient (Wildman–Crippen LogP) is 3.88. The van der Waals surface area contributed by atoms with Crippen LogP contribution in [-0.2, 0) is 0 Å². The van der Waals surface area contributed by atoms with Crippen LogP contribution in [0.3, 0.4) is 0 Å². The first-order chi connectivity index (χ1) is 10.4. The standard InChI is InChI=1S/C19H21NO/c1-21-18-9-7-16(8-10-18)19(15-5-3-2-4-6-15)17-11-13-20-14-12-17/h2-10,20H,11-14H2,1H3. The Kier molecular flexibility index (Phi) is 4.37. The van der Waals surface area contributed by atoms with Gasteiger partial charge in [0.2, 0.25) is 0 Å². The number of hydrogen-bond donors (Lipinski definition) is 1. The van der Waals surface area contributed by atoms with Crippen LogP contribution in [0.4, 0.5) is 0 Å². The summed E-state index contributed by atoms with van der Waals surface area (Å²) in [6.07, 6.45) is 2.24. The highest BCUT2D eigenvalue weighted by molar-refractivity contribution is 5.82. The molecule has 0 atom stereocenters. The van der Waals surface area contributed by atoms with Crippen LogP contribution in [-0.4, -0.2) is 20.2 Å². The second-order valence-electron chi connectivity index (χ2n) is 5.32. The SMILES string of the molecule is COc1ccc(C(=C2CCNCC2)c2ccccc2)cc1. The molecule has 1 heterocycles. The van der Waals surface area contributed by atoms with Crippen molar-refractivity contribution in [2.24, 2.45) is 0 Å². The van der Waals surface area contributed by atoms with Gasteiger partial charge >= 0.3 is 0 Å². The Morgan fingerprint density at radius 2 is 1.48 bits per heavy atom. The maximum atomic E-state index is 5.27. The van der Waals surface area contributed by atoms with Crippen LogP contribution in [0.5, 0.6) is 5.75 Å². The minimum Gasteiger partial charge on any atom is -0.497 e. The van der Waals surface area contributed by atoms with Crippen LogP contribution in [0.15, 0.2) is 60.2 Å². The molecule has 3 rings (SSSR count). The number of rotatable bonds is 3. The molecule has 108 valence electrons. The van der Waals surface area contributed by atoms with Gasteiger partial charge in [-0.15, -0.1) is 0 Å². The minimum atomic E-state index is 0.904. The van der Waals surface area contributed by atoms with Crippen molar-refractivity contribution in [1.82, 2.24) is 5.32 Å². The van der Waals surface area contributed by atoms with E-state index in [0.717, 1.165) is 31.7 Å². The lowest BCUT2D eigenvalue weighted by Crippen LogP contribution is -2.23. The minimum absolute atomic E-state index is 0.904. The van der Waals surface area contributed by atoms with Gasteiger partial charge in [0.25, 0.3) is 0 Å². The van der Waals surface area contributed by atoms with Gasteiger partial charge in [-0.1, -0.05) is 48.0 Å². The topological polar surface area (TPSA) is 21.3 Å². The zero-order valence-electron chi connectivity index (χ0n) is 12.4. The summed E-state index contributed by atoms with van der Waals surface area (Å²) in [6, 6.07) is 19.1. The van der Waals surface area contributed by atoms with E-state index in [4.69, 9.17) is 4.74 Å². The summed E-state index contributed by atoms with van der Waals surface area (Å²) in [7, 11) is 1.71. The molecule has 0 unspecified atom stereocenters. The van der Waals surface area contributed by atoms with Gasteiger partial charge in [-0.3, -0.25) is 0 Å². The van der Waals surface area contributed by atoms with Crippen molar-refractivity contribution in [3.8, 4) is 5.75 Å². The van der Waals surface area contributed by atoms with Crippen LogP contribution in [0, 0.1) is 0 Å². The molecule has 0 aliphatic carbocycles. The van der Waals surface area contributed by atoms with Crippen molar-refractivity contribution < 1.29 is 4.74 Å². The third kappa shape index (κ3) is 3.17. The van der Waals surface area contributed by atoms with Gasteiger partial charge in [-0.05, 0) is 54.8 Å². The van der Waals surface area contributed by atoms with E-state index in [1.807, 2.05) is 12.1 Å². The molecular weight excluding hydrogens is 258 g/mol. The van der Waals surface area contributed by atoms with Crippen molar-refractivity contribution in [1.29, 1.82) is 0 Å². The Hall–Kier alpha value is -2.06. The fourth-order valence-corrected chi connectivity index (χ4v) is 2.92. The van der Waals surface area contributed by atoms with Crippen molar-refractivity contribution >= 4 is 5.57 Å². The molecule has 0 amide bonds. The molecule has 1 aliphatic heterocycles. The quantitative estimate of drug-likeness (QED) is 0.920. The molecule has 2 heteroatoms. The Labute approximate surface area is 126 Å². The average Bonchev–Trinajstić information content (AvgIpc) is 2.58. The third-order valence-electron chi connectivity index (χ3n) is 4.00. The van der Waals surface area contributed by atoms with Crippen LogP contribution in [0.25, 0.3) is 5.57 Å². The summed E-state index contributed by atoms with van der Waals surface area (Å²) in [5.41, 5.74) is 5.52. The predicted molar refractivity (Wildman–Crippen MR) is 87.6 cm³/mol. The van der Waals surface area contributed by atoms with E-state index in [-0.39, 0.29) is 0 Å². The lowest BCUT2D eigenvalue weighted by molar-refractivity contribution is 0.415. The van der Waals surface area contributed by atoms with E-state index in [9.17, 15) is 0 Å². The van der Waals surface area contributed by atoms with Gasteiger partial charge in [0.15, 0.2) is 0 Å². The molecule has 1 saturated heterocycles. The van der Waals surface area contributed by atoms with Gasteiger partial charge in [0.1, 0.15) is 5.75 Å². The van der Waals surface area contributed by atoms with Gasteiger partial charge in [0.05, 0.1) is 7.11 Å². The van der Waals surface area contributed by atoms with E-state index in [2.05, 4.69) is 47.8 Å². The number of piperidine rings is 1. The molecule has 0 saturated carbocycles. The van der Waals surface area contributed by atoms with Crippen LogP contribution < -0.4 is 10.1 Å². The normalized spacial score (nSPS) is 14.8. The summed E-state index contributed by atoms with van der Waals surface area (Å²) in [5.74, 6) is 0.904. The molecular formula is C19H21NO. The molecule has 1 fully saturated rings. The van der Waals surface area contributed by atoms with Crippen molar-refractivity contribution in [2.45, 2.75) is 12.8 Å². The molecule has 2 aromatic carbocycles. The monoisotopic (exact) mass is 279 g/mol. The number of benzene rings is 2. The van der Waals surface area contributed by atoms with Gasteiger partial charge < -0.3 is 10.1 Å². The van der Waals surface area contributed by atoms with Crippen molar-refractivity contribution in [3.05, 3.63) is 71.3 Å². The number of ether oxygens (including phenoxy) is 1. The molecule has 0 radical (unpaired) electrons. The fourth-order valence-electron chi connectivity index (χ4n) is 2.92. The van der Waals surface area contributed by atoms with E-state index in [1.54, 1.807) is 12.7 Å². The highest BCUT2D eigenvalue weighted by Gasteiger charge is 2.14. The summed E-state index contributed by atoms with van der Waals surface area (Å²) >= 11 is 0. The first-order valence-corrected chi connectivity index (χ1v) is 7.51. The first-order valence-electron chi connectivity index (χ1n) is 7.51. The fraction of sp³-hybridized carbons (Fsp3) is 0.263. The molecule has 0 spiro atoms. The number of nitrogens with one attached hydrogen (secondary N) is 1. The number of methoxy groups -OCH3 is 1. The highest BCUT2D eigenvalue weighted by atomic mass is 16.5. The van der Waals surface area contributed by atoms with Crippen LogP contribution >= 0.6 is 0 Å². The molecule has 0 aromatic heterocycles. The molecule has 2 nitrogen and oxygen atoms in total. The van der Waals surface area contributed by atoms with Crippen molar-refractivity contribution in [2.75, 3.05) is 20.2 Å². The van der Waals surface area contributed by atoms with E-state index < -0.39 is 0 Å². The van der Waals surface area contributed by atoms with E-state index in [1.165, 1.54) is 16.7 Å². The first kappa shape index (κ1) is 13.9. The second kappa shape index (κ2) is 6.59. The lowest BCUT2D eigenvalue weighted by atomic mass is 9.89. The Bertz CT molecular complexity index is 606.